The second-order valence-electron chi connectivity index (χ2n) is 5.17. The van der Waals surface area contributed by atoms with Crippen molar-refractivity contribution in [2.24, 2.45) is 0 Å². The summed E-state index contributed by atoms with van der Waals surface area (Å²) >= 11 is 12.0. The quantitative estimate of drug-likeness (QED) is 0.748. The maximum absolute atomic E-state index is 11.8. The molecule has 0 aliphatic rings. The molecule has 0 aliphatic carbocycles. The van der Waals surface area contributed by atoms with Gasteiger partial charge in [0.1, 0.15) is 0 Å². The Kier molecular flexibility index (Phi) is 7.35. The molecule has 5 heteroatoms. The SMILES string of the molecule is CC(C)NCCCC(=O)NC(C)c1ccc(Cl)cc1Cl. The molecule has 1 amide bonds. The number of carbonyl (C=O) groups excluding carboxylic acids is 1. The third kappa shape index (κ3) is 6.12. The lowest BCUT2D eigenvalue weighted by atomic mass is 10.1. The summed E-state index contributed by atoms with van der Waals surface area (Å²) in [4.78, 5) is 11.8. The molecule has 112 valence electrons. The van der Waals surface area contributed by atoms with Gasteiger partial charge >= 0.3 is 0 Å². The Labute approximate surface area is 131 Å². The molecule has 1 rings (SSSR count). The third-order valence-electron chi connectivity index (χ3n) is 2.94. The molecule has 3 nitrogen and oxygen atoms in total. The van der Waals surface area contributed by atoms with Crippen LogP contribution in [0.3, 0.4) is 0 Å². The van der Waals surface area contributed by atoms with Gasteiger partial charge in [-0.15, -0.1) is 0 Å². The summed E-state index contributed by atoms with van der Waals surface area (Å²) in [5.74, 6) is 0.0362. The first-order valence-corrected chi connectivity index (χ1v) is 7.63. The fourth-order valence-corrected chi connectivity index (χ4v) is 2.46. The third-order valence-corrected chi connectivity index (χ3v) is 3.50. The van der Waals surface area contributed by atoms with E-state index in [9.17, 15) is 4.79 Å². The molecule has 0 saturated carbocycles. The molecule has 1 atom stereocenters. The molecule has 2 N–H and O–H groups in total. The summed E-state index contributed by atoms with van der Waals surface area (Å²) < 4.78 is 0. The molecule has 1 aromatic carbocycles. The predicted octanol–water partition coefficient (Wildman–Crippen LogP) is 3.95. The lowest BCUT2D eigenvalue weighted by Crippen LogP contribution is -2.29. The Hall–Kier alpha value is -0.770. The van der Waals surface area contributed by atoms with E-state index in [0.717, 1.165) is 18.5 Å². The van der Waals surface area contributed by atoms with Crippen LogP contribution in [0.15, 0.2) is 18.2 Å². The van der Waals surface area contributed by atoms with Gasteiger partial charge in [-0.25, -0.2) is 0 Å². The second-order valence-corrected chi connectivity index (χ2v) is 6.01. The summed E-state index contributed by atoms with van der Waals surface area (Å²) in [5.41, 5.74) is 0.879. The Balaban J connectivity index is 2.41. The summed E-state index contributed by atoms with van der Waals surface area (Å²) in [6.45, 7) is 6.94. The fourth-order valence-electron chi connectivity index (χ4n) is 1.88. The summed E-state index contributed by atoms with van der Waals surface area (Å²) in [7, 11) is 0. The number of benzene rings is 1. The highest BCUT2D eigenvalue weighted by Gasteiger charge is 2.12. The zero-order valence-electron chi connectivity index (χ0n) is 12.2. The minimum Gasteiger partial charge on any atom is -0.350 e. The van der Waals surface area contributed by atoms with Gasteiger partial charge in [-0.3, -0.25) is 4.79 Å². The van der Waals surface area contributed by atoms with E-state index < -0.39 is 0 Å². The van der Waals surface area contributed by atoms with Crippen molar-refractivity contribution in [3.63, 3.8) is 0 Å². The highest BCUT2D eigenvalue weighted by atomic mass is 35.5. The Morgan fingerprint density at radius 3 is 2.55 bits per heavy atom. The summed E-state index contributed by atoms with van der Waals surface area (Å²) in [6.07, 6.45) is 1.33. The number of rotatable bonds is 7. The molecule has 20 heavy (non-hydrogen) atoms. The van der Waals surface area contributed by atoms with Crippen molar-refractivity contribution in [2.45, 2.75) is 45.7 Å². The van der Waals surface area contributed by atoms with Gasteiger partial charge in [0, 0.05) is 22.5 Å². The zero-order valence-corrected chi connectivity index (χ0v) is 13.7. The first-order valence-electron chi connectivity index (χ1n) is 6.88. The van der Waals surface area contributed by atoms with Gasteiger partial charge in [-0.1, -0.05) is 43.1 Å². The first-order chi connectivity index (χ1) is 9.40. The maximum atomic E-state index is 11.8. The molecule has 0 aromatic heterocycles. The van der Waals surface area contributed by atoms with Crippen LogP contribution in [0.2, 0.25) is 10.0 Å². The number of carbonyl (C=O) groups is 1. The standard InChI is InChI=1S/C15H22Cl2N2O/c1-10(2)18-8-4-5-15(20)19-11(3)13-7-6-12(16)9-14(13)17/h6-7,9-11,18H,4-5,8H2,1-3H3,(H,19,20). The van der Waals surface area contributed by atoms with Crippen LogP contribution in [0.5, 0.6) is 0 Å². The number of halogens is 2. The van der Waals surface area contributed by atoms with Crippen molar-refractivity contribution < 1.29 is 4.79 Å². The highest BCUT2D eigenvalue weighted by molar-refractivity contribution is 6.35. The van der Waals surface area contributed by atoms with Gasteiger partial charge in [-0.2, -0.15) is 0 Å². The molecular weight excluding hydrogens is 295 g/mol. The molecule has 0 heterocycles. The van der Waals surface area contributed by atoms with E-state index in [1.807, 2.05) is 13.0 Å². The van der Waals surface area contributed by atoms with Gasteiger partial charge < -0.3 is 10.6 Å². The van der Waals surface area contributed by atoms with Crippen LogP contribution in [0.25, 0.3) is 0 Å². The minimum absolute atomic E-state index is 0.0362. The van der Waals surface area contributed by atoms with Gasteiger partial charge in [0.25, 0.3) is 0 Å². The van der Waals surface area contributed by atoms with Crippen molar-refractivity contribution in [1.29, 1.82) is 0 Å². The van der Waals surface area contributed by atoms with E-state index in [1.54, 1.807) is 12.1 Å². The summed E-state index contributed by atoms with van der Waals surface area (Å²) in [5, 5.41) is 7.41. The van der Waals surface area contributed by atoms with Crippen LogP contribution in [-0.2, 0) is 4.79 Å². The van der Waals surface area contributed by atoms with Crippen molar-refractivity contribution in [3.05, 3.63) is 33.8 Å². The number of hydrogen-bond acceptors (Lipinski definition) is 2. The molecule has 1 aromatic rings. The lowest BCUT2D eigenvalue weighted by Gasteiger charge is -2.16. The smallest absolute Gasteiger partial charge is 0.220 e. The monoisotopic (exact) mass is 316 g/mol. The van der Waals surface area contributed by atoms with E-state index in [1.165, 1.54) is 0 Å². The maximum Gasteiger partial charge on any atom is 0.220 e. The average Bonchev–Trinajstić information content (AvgIpc) is 2.34. The molecule has 1 unspecified atom stereocenters. The van der Waals surface area contributed by atoms with E-state index in [0.29, 0.717) is 22.5 Å². The number of amides is 1. The van der Waals surface area contributed by atoms with Crippen LogP contribution < -0.4 is 10.6 Å². The number of hydrogen-bond donors (Lipinski definition) is 2. The van der Waals surface area contributed by atoms with E-state index in [-0.39, 0.29) is 11.9 Å². The molecule has 0 aliphatic heterocycles. The van der Waals surface area contributed by atoms with Crippen LogP contribution in [0, 0.1) is 0 Å². The lowest BCUT2D eigenvalue weighted by molar-refractivity contribution is -0.121. The van der Waals surface area contributed by atoms with Gasteiger partial charge in [-0.05, 0) is 37.6 Å². The zero-order chi connectivity index (χ0) is 15.1. The van der Waals surface area contributed by atoms with E-state index >= 15 is 0 Å². The molecule has 0 saturated heterocycles. The van der Waals surface area contributed by atoms with Crippen molar-refractivity contribution >= 4 is 29.1 Å². The fraction of sp³-hybridized carbons (Fsp3) is 0.533. The van der Waals surface area contributed by atoms with Crippen LogP contribution in [0.4, 0.5) is 0 Å². The van der Waals surface area contributed by atoms with Crippen molar-refractivity contribution in [1.82, 2.24) is 10.6 Å². The van der Waals surface area contributed by atoms with Crippen molar-refractivity contribution in [2.75, 3.05) is 6.54 Å². The predicted molar refractivity (Wildman–Crippen MR) is 85.4 cm³/mol. The average molecular weight is 317 g/mol. The topological polar surface area (TPSA) is 41.1 Å². The first kappa shape index (κ1) is 17.3. The molecule has 0 bridgehead atoms. The Morgan fingerprint density at radius 2 is 1.95 bits per heavy atom. The van der Waals surface area contributed by atoms with Crippen LogP contribution in [0.1, 0.15) is 45.2 Å². The number of nitrogens with one attached hydrogen (secondary N) is 2. The molecule has 0 fully saturated rings. The van der Waals surface area contributed by atoms with E-state index in [2.05, 4.69) is 24.5 Å². The second kappa shape index (κ2) is 8.50. The molecule has 0 spiro atoms. The largest absolute Gasteiger partial charge is 0.350 e. The van der Waals surface area contributed by atoms with Gasteiger partial charge in [0.2, 0.25) is 5.91 Å². The Morgan fingerprint density at radius 1 is 1.25 bits per heavy atom. The Bertz CT molecular complexity index is 449. The molecular formula is C15H22Cl2N2O. The summed E-state index contributed by atoms with van der Waals surface area (Å²) in [6, 6.07) is 5.64. The van der Waals surface area contributed by atoms with Gasteiger partial charge in [0.15, 0.2) is 0 Å². The van der Waals surface area contributed by atoms with Crippen molar-refractivity contribution in [3.8, 4) is 0 Å². The normalized spacial score (nSPS) is 12.5. The van der Waals surface area contributed by atoms with Gasteiger partial charge in [0.05, 0.1) is 6.04 Å². The molecule has 0 radical (unpaired) electrons. The van der Waals surface area contributed by atoms with Crippen LogP contribution in [-0.4, -0.2) is 18.5 Å². The highest BCUT2D eigenvalue weighted by Crippen LogP contribution is 2.26. The minimum atomic E-state index is -0.120. The van der Waals surface area contributed by atoms with Crippen LogP contribution >= 0.6 is 23.2 Å². The van der Waals surface area contributed by atoms with E-state index in [4.69, 9.17) is 23.2 Å².